The van der Waals surface area contributed by atoms with Gasteiger partial charge in [-0.3, -0.25) is 0 Å². The van der Waals surface area contributed by atoms with Crippen molar-refractivity contribution in [1.29, 1.82) is 0 Å². The van der Waals surface area contributed by atoms with E-state index in [2.05, 4.69) is 4.74 Å². The molecule has 0 fully saturated rings. The van der Waals surface area contributed by atoms with E-state index >= 15 is 0 Å². The molecule has 0 aliphatic rings. The lowest BCUT2D eigenvalue weighted by Gasteiger charge is -2.04. The van der Waals surface area contributed by atoms with E-state index in [9.17, 15) is 13.2 Å². The summed E-state index contributed by atoms with van der Waals surface area (Å²) in [7, 11) is 1.36. The molecule has 1 aromatic rings. The van der Waals surface area contributed by atoms with Crippen molar-refractivity contribution in [3.8, 4) is 5.75 Å². The van der Waals surface area contributed by atoms with Gasteiger partial charge in [-0.25, -0.2) is 13.2 Å². The minimum atomic E-state index is -1.51. The van der Waals surface area contributed by atoms with Crippen LogP contribution in [0, 0.1) is 17.5 Å². The standard InChI is InChI=1S/C8H7F3O2/c1-12-4-13-5-2-6(9)8(11)7(10)3-5/h2-3H,4H2,1H3. The van der Waals surface area contributed by atoms with Gasteiger partial charge in [0.25, 0.3) is 0 Å². The summed E-state index contributed by atoms with van der Waals surface area (Å²) in [5.74, 6) is -4.19. The molecule has 0 unspecified atom stereocenters. The van der Waals surface area contributed by atoms with Crippen LogP contribution in [0.15, 0.2) is 12.1 Å². The van der Waals surface area contributed by atoms with Crippen molar-refractivity contribution in [3.63, 3.8) is 0 Å². The molecule has 0 bridgehead atoms. The van der Waals surface area contributed by atoms with Crippen LogP contribution in [0.1, 0.15) is 0 Å². The molecule has 1 rings (SSSR count). The molecule has 0 N–H and O–H groups in total. The van der Waals surface area contributed by atoms with E-state index in [1.165, 1.54) is 7.11 Å². The first kappa shape index (κ1) is 9.85. The maximum absolute atomic E-state index is 12.5. The van der Waals surface area contributed by atoms with E-state index < -0.39 is 17.5 Å². The van der Waals surface area contributed by atoms with E-state index in [1.807, 2.05) is 0 Å². The van der Waals surface area contributed by atoms with E-state index in [0.717, 1.165) is 12.1 Å². The fraction of sp³-hybridized carbons (Fsp3) is 0.250. The average molecular weight is 192 g/mol. The monoisotopic (exact) mass is 192 g/mol. The first-order valence-electron chi connectivity index (χ1n) is 3.41. The predicted molar refractivity (Wildman–Crippen MR) is 38.8 cm³/mol. The molecule has 0 saturated heterocycles. The summed E-state index contributed by atoms with van der Waals surface area (Å²) in [6.07, 6.45) is 0. The number of methoxy groups -OCH3 is 1. The Morgan fingerprint density at radius 1 is 1.15 bits per heavy atom. The quantitative estimate of drug-likeness (QED) is 0.539. The summed E-state index contributed by atoms with van der Waals surface area (Å²) in [5.41, 5.74) is 0. The molecule has 1 aromatic carbocycles. The predicted octanol–water partition coefficient (Wildman–Crippen LogP) is 2.09. The van der Waals surface area contributed by atoms with Crippen LogP contribution in [-0.2, 0) is 4.74 Å². The van der Waals surface area contributed by atoms with Gasteiger partial charge < -0.3 is 9.47 Å². The van der Waals surface area contributed by atoms with Crippen LogP contribution >= 0.6 is 0 Å². The molecule has 0 aliphatic heterocycles. The van der Waals surface area contributed by atoms with Crippen molar-refractivity contribution < 1.29 is 22.6 Å². The second-order valence-electron chi connectivity index (χ2n) is 2.25. The summed E-state index contributed by atoms with van der Waals surface area (Å²) >= 11 is 0. The van der Waals surface area contributed by atoms with Crippen molar-refractivity contribution in [3.05, 3.63) is 29.6 Å². The molecule has 0 amide bonds. The highest BCUT2D eigenvalue weighted by Gasteiger charge is 2.10. The fourth-order valence-electron chi connectivity index (χ4n) is 0.743. The summed E-state index contributed by atoms with van der Waals surface area (Å²) in [5, 5.41) is 0. The smallest absolute Gasteiger partial charge is 0.194 e. The Kier molecular flexibility index (Phi) is 3.13. The Hall–Kier alpha value is -1.23. The number of ether oxygens (including phenoxy) is 2. The lowest BCUT2D eigenvalue weighted by Crippen LogP contribution is -2.01. The topological polar surface area (TPSA) is 18.5 Å². The van der Waals surface area contributed by atoms with Crippen molar-refractivity contribution in [2.75, 3.05) is 13.9 Å². The second kappa shape index (κ2) is 4.13. The van der Waals surface area contributed by atoms with Gasteiger partial charge in [0, 0.05) is 19.2 Å². The highest BCUT2D eigenvalue weighted by atomic mass is 19.2. The average Bonchev–Trinajstić information content (AvgIpc) is 2.10. The number of halogens is 3. The SMILES string of the molecule is COCOc1cc(F)c(F)c(F)c1. The zero-order chi connectivity index (χ0) is 9.84. The summed E-state index contributed by atoms with van der Waals surface area (Å²) in [4.78, 5) is 0. The van der Waals surface area contributed by atoms with Gasteiger partial charge in [0.15, 0.2) is 24.2 Å². The number of hydrogen-bond donors (Lipinski definition) is 0. The third kappa shape index (κ3) is 2.35. The van der Waals surface area contributed by atoms with E-state index in [0.29, 0.717) is 0 Å². The normalized spacial score (nSPS) is 10.2. The first-order chi connectivity index (χ1) is 6.15. The summed E-state index contributed by atoms with van der Waals surface area (Å²) < 4.78 is 46.7. The van der Waals surface area contributed by atoms with Crippen LogP contribution in [-0.4, -0.2) is 13.9 Å². The molecule has 5 heteroatoms. The van der Waals surface area contributed by atoms with Gasteiger partial charge in [0.2, 0.25) is 0 Å². The van der Waals surface area contributed by atoms with E-state index in [4.69, 9.17) is 4.74 Å². The maximum atomic E-state index is 12.5. The zero-order valence-electron chi connectivity index (χ0n) is 6.81. The van der Waals surface area contributed by atoms with Gasteiger partial charge in [-0.2, -0.15) is 0 Å². The largest absolute Gasteiger partial charge is 0.467 e. The van der Waals surface area contributed by atoms with Crippen LogP contribution in [0.2, 0.25) is 0 Å². The Labute approximate surface area is 72.9 Å². The van der Waals surface area contributed by atoms with Gasteiger partial charge in [0.1, 0.15) is 5.75 Å². The molecule has 0 saturated carbocycles. The molecule has 0 radical (unpaired) electrons. The molecule has 0 heterocycles. The summed E-state index contributed by atoms with van der Waals surface area (Å²) in [6.45, 7) is -0.148. The minimum absolute atomic E-state index is 0.113. The number of benzene rings is 1. The lowest BCUT2D eigenvalue weighted by atomic mass is 10.3. The van der Waals surface area contributed by atoms with Crippen LogP contribution in [0.5, 0.6) is 5.75 Å². The maximum Gasteiger partial charge on any atom is 0.194 e. The highest BCUT2D eigenvalue weighted by molar-refractivity contribution is 5.24. The van der Waals surface area contributed by atoms with E-state index in [1.54, 1.807) is 0 Å². The lowest BCUT2D eigenvalue weighted by molar-refractivity contribution is 0.0505. The van der Waals surface area contributed by atoms with Crippen molar-refractivity contribution in [2.45, 2.75) is 0 Å². The van der Waals surface area contributed by atoms with E-state index in [-0.39, 0.29) is 12.5 Å². The van der Waals surface area contributed by atoms with Crippen molar-refractivity contribution in [2.24, 2.45) is 0 Å². The van der Waals surface area contributed by atoms with Gasteiger partial charge in [0.05, 0.1) is 0 Å². The van der Waals surface area contributed by atoms with Crippen LogP contribution < -0.4 is 4.74 Å². The van der Waals surface area contributed by atoms with Crippen molar-refractivity contribution >= 4 is 0 Å². The molecule has 0 atom stereocenters. The molecule has 0 aromatic heterocycles. The Morgan fingerprint density at radius 3 is 2.15 bits per heavy atom. The summed E-state index contributed by atoms with van der Waals surface area (Å²) in [6, 6.07) is 1.49. The third-order valence-electron chi connectivity index (χ3n) is 1.30. The second-order valence-corrected chi connectivity index (χ2v) is 2.25. The fourth-order valence-corrected chi connectivity index (χ4v) is 0.743. The molecule has 72 valence electrons. The van der Waals surface area contributed by atoms with Crippen molar-refractivity contribution in [1.82, 2.24) is 0 Å². The Morgan fingerprint density at radius 2 is 1.69 bits per heavy atom. The van der Waals surface area contributed by atoms with Gasteiger partial charge in [-0.05, 0) is 0 Å². The molecule has 0 aliphatic carbocycles. The van der Waals surface area contributed by atoms with Crippen LogP contribution in [0.4, 0.5) is 13.2 Å². The Balaban J connectivity index is 2.86. The molecule has 0 spiro atoms. The number of rotatable bonds is 3. The zero-order valence-corrected chi connectivity index (χ0v) is 6.81. The Bertz CT molecular complexity index is 278. The molecular weight excluding hydrogens is 185 g/mol. The van der Waals surface area contributed by atoms with Gasteiger partial charge >= 0.3 is 0 Å². The van der Waals surface area contributed by atoms with Gasteiger partial charge in [-0.1, -0.05) is 0 Å². The highest BCUT2D eigenvalue weighted by Crippen LogP contribution is 2.18. The van der Waals surface area contributed by atoms with Gasteiger partial charge in [-0.15, -0.1) is 0 Å². The molecule has 13 heavy (non-hydrogen) atoms. The molecular formula is C8H7F3O2. The van der Waals surface area contributed by atoms with Crippen LogP contribution in [0.25, 0.3) is 0 Å². The number of hydrogen-bond acceptors (Lipinski definition) is 2. The first-order valence-corrected chi connectivity index (χ1v) is 3.41. The third-order valence-corrected chi connectivity index (χ3v) is 1.30. The van der Waals surface area contributed by atoms with Crippen LogP contribution in [0.3, 0.4) is 0 Å². The molecule has 2 nitrogen and oxygen atoms in total. The minimum Gasteiger partial charge on any atom is -0.467 e.